The van der Waals surface area contributed by atoms with Gasteiger partial charge in [0.25, 0.3) is 0 Å². The first-order valence-corrected chi connectivity index (χ1v) is 7.14. The van der Waals surface area contributed by atoms with Crippen molar-refractivity contribution in [1.82, 2.24) is 9.80 Å². The molecule has 1 aliphatic heterocycles. The molecule has 0 spiro atoms. The monoisotopic (exact) mass is 272 g/mol. The minimum Gasteiger partial charge on any atom is -0.343 e. The van der Waals surface area contributed by atoms with Crippen LogP contribution in [-0.2, 0) is 4.79 Å². The molecule has 0 aromatic heterocycles. The molecule has 0 unspecified atom stereocenters. The number of likely N-dealkylation sites (N-methyl/N-ethyl adjacent to an activating group) is 1. The van der Waals surface area contributed by atoms with Gasteiger partial charge in [0.05, 0.1) is 5.54 Å². The summed E-state index contributed by atoms with van der Waals surface area (Å²) in [7, 11) is 1.88. The van der Waals surface area contributed by atoms with E-state index in [2.05, 4.69) is 30.0 Å². The highest BCUT2D eigenvalue weighted by Gasteiger charge is 2.40. The molecule has 1 aliphatic rings. The number of amides is 1. The van der Waals surface area contributed by atoms with Gasteiger partial charge in [-0.3, -0.25) is 9.69 Å². The molecule has 1 fully saturated rings. The van der Waals surface area contributed by atoms with Gasteiger partial charge in [-0.05, 0) is 26.3 Å². The highest BCUT2D eigenvalue weighted by atomic mass is 16.2. The van der Waals surface area contributed by atoms with Crippen LogP contribution in [0.1, 0.15) is 26.3 Å². The molecule has 0 radical (unpaired) electrons. The lowest BCUT2D eigenvalue weighted by atomic mass is 9.97. The Morgan fingerprint density at radius 2 is 1.90 bits per heavy atom. The first kappa shape index (κ1) is 14.8. The number of piperazine rings is 1. The first-order chi connectivity index (χ1) is 9.41. The minimum absolute atomic E-state index is 0.205. The van der Waals surface area contributed by atoms with E-state index in [-0.39, 0.29) is 5.91 Å². The van der Waals surface area contributed by atoms with Gasteiger partial charge in [0.1, 0.15) is 0 Å². The quantitative estimate of drug-likeness (QED) is 0.844. The molecule has 20 heavy (non-hydrogen) atoms. The summed E-state index contributed by atoms with van der Waals surface area (Å²) in [6, 6.07) is 10.3. The van der Waals surface area contributed by atoms with E-state index in [4.69, 9.17) is 0 Å². The van der Waals surface area contributed by atoms with E-state index < -0.39 is 5.54 Å². The van der Waals surface area contributed by atoms with Crippen molar-refractivity contribution in [2.75, 3.05) is 26.7 Å². The maximum absolute atomic E-state index is 12.3. The van der Waals surface area contributed by atoms with E-state index in [9.17, 15) is 4.79 Å². The van der Waals surface area contributed by atoms with Crippen molar-refractivity contribution in [2.45, 2.75) is 26.3 Å². The number of hydrogen-bond acceptors (Lipinski definition) is 2. The molecule has 3 heteroatoms. The molecule has 108 valence electrons. The van der Waals surface area contributed by atoms with Crippen LogP contribution in [0.15, 0.2) is 35.9 Å². The molecule has 0 atom stereocenters. The van der Waals surface area contributed by atoms with Crippen molar-refractivity contribution < 1.29 is 4.79 Å². The Kier molecular flexibility index (Phi) is 4.29. The number of carbonyl (C=O) groups is 1. The lowest BCUT2D eigenvalue weighted by molar-refractivity contribution is -0.146. The Hall–Kier alpha value is -1.61. The summed E-state index contributed by atoms with van der Waals surface area (Å²) in [4.78, 5) is 16.4. The molecule has 1 aromatic rings. The van der Waals surface area contributed by atoms with Gasteiger partial charge in [-0.25, -0.2) is 0 Å². The lowest BCUT2D eigenvalue weighted by Crippen LogP contribution is -2.62. The van der Waals surface area contributed by atoms with Gasteiger partial charge in [-0.2, -0.15) is 0 Å². The molecule has 1 saturated heterocycles. The standard InChI is InChI=1S/C17H24N2O/c1-14(12-15-8-6-5-7-9-15)13-19-11-10-18(4)16(20)17(19,2)3/h5-9,12H,10-11,13H2,1-4H3/b14-12+. The Balaban J connectivity index is 2.10. The third kappa shape index (κ3) is 3.10. The summed E-state index contributed by atoms with van der Waals surface area (Å²) in [5, 5.41) is 0. The van der Waals surface area contributed by atoms with E-state index in [0.29, 0.717) is 0 Å². The number of nitrogens with zero attached hydrogens (tertiary/aromatic N) is 2. The molecule has 1 amide bonds. The van der Waals surface area contributed by atoms with Crippen LogP contribution in [0.5, 0.6) is 0 Å². The summed E-state index contributed by atoms with van der Waals surface area (Å²) < 4.78 is 0. The van der Waals surface area contributed by atoms with Crippen molar-refractivity contribution in [1.29, 1.82) is 0 Å². The molecule has 2 rings (SSSR count). The molecular weight excluding hydrogens is 248 g/mol. The molecule has 0 saturated carbocycles. The van der Waals surface area contributed by atoms with E-state index in [1.54, 1.807) is 0 Å². The van der Waals surface area contributed by atoms with Crippen LogP contribution >= 0.6 is 0 Å². The average molecular weight is 272 g/mol. The van der Waals surface area contributed by atoms with Gasteiger partial charge in [-0.1, -0.05) is 42.0 Å². The third-order valence-electron chi connectivity index (χ3n) is 4.02. The zero-order chi connectivity index (χ0) is 14.8. The number of rotatable bonds is 3. The van der Waals surface area contributed by atoms with Gasteiger partial charge in [0, 0.05) is 26.7 Å². The highest BCUT2D eigenvalue weighted by Crippen LogP contribution is 2.23. The largest absolute Gasteiger partial charge is 0.343 e. The van der Waals surface area contributed by atoms with Crippen molar-refractivity contribution >= 4 is 12.0 Å². The Morgan fingerprint density at radius 3 is 2.55 bits per heavy atom. The SMILES string of the molecule is C/C(=C\c1ccccc1)CN1CCN(C)C(=O)C1(C)C. The number of benzene rings is 1. The fourth-order valence-corrected chi connectivity index (χ4v) is 2.71. The second kappa shape index (κ2) is 5.80. The summed E-state index contributed by atoms with van der Waals surface area (Å²) in [6.45, 7) is 8.73. The van der Waals surface area contributed by atoms with E-state index >= 15 is 0 Å². The minimum atomic E-state index is -0.418. The number of carbonyl (C=O) groups excluding carboxylic acids is 1. The third-order valence-corrected chi connectivity index (χ3v) is 4.02. The Bertz CT molecular complexity index is 505. The molecule has 0 bridgehead atoms. The van der Waals surface area contributed by atoms with E-state index in [0.717, 1.165) is 19.6 Å². The van der Waals surface area contributed by atoms with Crippen LogP contribution < -0.4 is 0 Å². The van der Waals surface area contributed by atoms with Crippen molar-refractivity contribution in [2.24, 2.45) is 0 Å². The zero-order valence-corrected chi connectivity index (χ0v) is 12.9. The predicted molar refractivity (Wildman–Crippen MR) is 83.4 cm³/mol. The second-order valence-electron chi connectivity index (χ2n) is 6.11. The molecule has 0 aliphatic carbocycles. The highest BCUT2D eigenvalue weighted by molar-refractivity contribution is 5.86. The van der Waals surface area contributed by atoms with Crippen LogP contribution in [0.3, 0.4) is 0 Å². The smallest absolute Gasteiger partial charge is 0.242 e. The summed E-state index contributed by atoms with van der Waals surface area (Å²) in [6.07, 6.45) is 2.19. The van der Waals surface area contributed by atoms with Crippen molar-refractivity contribution in [3.8, 4) is 0 Å². The summed E-state index contributed by atoms with van der Waals surface area (Å²) >= 11 is 0. The van der Waals surface area contributed by atoms with Crippen LogP contribution in [0, 0.1) is 0 Å². The van der Waals surface area contributed by atoms with Crippen LogP contribution in [0.25, 0.3) is 6.08 Å². The van der Waals surface area contributed by atoms with E-state index in [1.807, 2.05) is 44.0 Å². The van der Waals surface area contributed by atoms with Gasteiger partial charge in [0.15, 0.2) is 0 Å². The Labute approximate surface area is 121 Å². The fraction of sp³-hybridized carbons (Fsp3) is 0.471. The van der Waals surface area contributed by atoms with Crippen LogP contribution in [-0.4, -0.2) is 47.9 Å². The van der Waals surface area contributed by atoms with E-state index in [1.165, 1.54) is 11.1 Å². The Morgan fingerprint density at radius 1 is 1.25 bits per heavy atom. The van der Waals surface area contributed by atoms with Gasteiger partial charge in [0.2, 0.25) is 5.91 Å². The molecule has 3 nitrogen and oxygen atoms in total. The predicted octanol–water partition coefficient (Wildman–Crippen LogP) is 2.64. The second-order valence-corrected chi connectivity index (χ2v) is 6.11. The maximum atomic E-state index is 12.3. The van der Waals surface area contributed by atoms with Crippen molar-refractivity contribution in [3.05, 3.63) is 41.5 Å². The topological polar surface area (TPSA) is 23.6 Å². The normalized spacial score (nSPS) is 20.3. The zero-order valence-electron chi connectivity index (χ0n) is 12.9. The van der Waals surface area contributed by atoms with Gasteiger partial charge < -0.3 is 4.90 Å². The summed E-state index contributed by atoms with van der Waals surface area (Å²) in [5.74, 6) is 0.205. The van der Waals surface area contributed by atoms with Crippen molar-refractivity contribution in [3.63, 3.8) is 0 Å². The average Bonchev–Trinajstić information content (AvgIpc) is 2.41. The van der Waals surface area contributed by atoms with Gasteiger partial charge >= 0.3 is 0 Å². The molecular formula is C17H24N2O. The lowest BCUT2D eigenvalue weighted by Gasteiger charge is -2.45. The molecule has 1 aromatic carbocycles. The molecule has 1 heterocycles. The molecule has 0 N–H and O–H groups in total. The number of hydrogen-bond donors (Lipinski definition) is 0. The summed E-state index contributed by atoms with van der Waals surface area (Å²) in [5.41, 5.74) is 2.07. The first-order valence-electron chi connectivity index (χ1n) is 7.14. The van der Waals surface area contributed by atoms with Crippen LogP contribution in [0.4, 0.5) is 0 Å². The van der Waals surface area contributed by atoms with Gasteiger partial charge in [-0.15, -0.1) is 0 Å². The maximum Gasteiger partial charge on any atom is 0.242 e. The van der Waals surface area contributed by atoms with Crippen LogP contribution in [0.2, 0.25) is 0 Å². The fourth-order valence-electron chi connectivity index (χ4n) is 2.71.